The molecule has 148 valence electrons. The second-order valence-corrected chi connectivity index (χ2v) is 7.82. The number of carboxylic acids is 1. The molecule has 0 radical (unpaired) electrons. The lowest BCUT2D eigenvalue weighted by Gasteiger charge is -2.12. The number of carboxylic acid groups (broad SMARTS) is 1. The van der Waals surface area contributed by atoms with Crippen LogP contribution in [0.15, 0.2) is 66.2 Å². The summed E-state index contributed by atoms with van der Waals surface area (Å²) in [4.78, 5) is 22.1. The minimum Gasteiger partial charge on any atom is -0.480 e. The number of hydrogen-bond donors (Lipinski definition) is 2. The predicted octanol–water partition coefficient (Wildman–Crippen LogP) is 4.56. The first-order valence-electron chi connectivity index (χ1n) is 9.33. The zero-order valence-corrected chi connectivity index (χ0v) is 17.2. The maximum absolute atomic E-state index is 11.1. The largest absolute Gasteiger partial charge is 0.480 e. The summed E-state index contributed by atoms with van der Waals surface area (Å²) in [7, 11) is 0. The van der Waals surface area contributed by atoms with E-state index in [1.165, 1.54) is 40.9 Å². The molecule has 2 aromatic carbocycles. The highest BCUT2D eigenvalue weighted by Gasteiger charge is 2.17. The van der Waals surface area contributed by atoms with Crippen molar-refractivity contribution in [2.75, 3.05) is 11.5 Å². The molecule has 0 aliphatic carbocycles. The van der Waals surface area contributed by atoms with Crippen molar-refractivity contribution in [1.82, 2.24) is 5.32 Å². The average molecular weight is 398 g/mol. The molecule has 0 spiro atoms. The van der Waals surface area contributed by atoms with Gasteiger partial charge in [0.1, 0.15) is 6.04 Å². The lowest BCUT2D eigenvalue weighted by molar-refractivity contribution is -0.140. The molecule has 2 aromatic rings. The second-order valence-electron chi connectivity index (χ2n) is 6.74. The molecule has 1 atom stereocenters. The second kappa shape index (κ2) is 11.3. The highest BCUT2D eigenvalue weighted by atomic mass is 32.2. The van der Waals surface area contributed by atoms with Crippen molar-refractivity contribution in [3.8, 4) is 11.1 Å². The summed E-state index contributed by atoms with van der Waals surface area (Å²) in [5, 5.41) is 11.5. The van der Waals surface area contributed by atoms with Gasteiger partial charge in [0.25, 0.3) is 0 Å². The third kappa shape index (κ3) is 7.61. The Morgan fingerprint density at radius 3 is 2.29 bits per heavy atom. The Balaban J connectivity index is 1.76. The van der Waals surface area contributed by atoms with E-state index in [2.05, 4.69) is 54.7 Å². The molecular weight excluding hydrogens is 370 g/mol. The van der Waals surface area contributed by atoms with Gasteiger partial charge in [-0.1, -0.05) is 66.2 Å². The van der Waals surface area contributed by atoms with E-state index < -0.39 is 12.0 Å². The van der Waals surface area contributed by atoms with Crippen molar-refractivity contribution in [3.05, 3.63) is 71.8 Å². The number of rotatable bonds is 10. The Labute approximate surface area is 171 Å². The molecule has 0 unspecified atom stereocenters. The van der Waals surface area contributed by atoms with Gasteiger partial charge in [-0.25, -0.2) is 4.79 Å². The van der Waals surface area contributed by atoms with Gasteiger partial charge in [-0.05, 0) is 36.5 Å². The molecule has 0 heterocycles. The van der Waals surface area contributed by atoms with Crippen LogP contribution < -0.4 is 5.32 Å². The molecular formula is C23H27NO3S. The fourth-order valence-electron chi connectivity index (χ4n) is 2.75. The van der Waals surface area contributed by atoms with Crippen LogP contribution in [0.2, 0.25) is 0 Å². The monoisotopic (exact) mass is 397 g/mol. The van der Waals surface area contributed by atoms with Crippen LogP contribution in [0, 0.1) is 0 Å². The average Bonchev–Trinajstić information content (AvgIpc) is 2.69. The van der Waals surface area contributed by atoms with E-state index in [-0.39, 0.29) is 5.91 Å². The summed E-state index contributed by atoms with van der Waals surface area (Å²) in [6.07, 6.45) is 4.08. The first-order valence-corrected chi connectivity index (χ1v) is 10.5. The van der Waals surface area contributed by atoms with Gasteiger partial charge >= 0.3 is 5.97 Å². The van der Waals surface area contributed by atoms with E-state index in [1.807, 2.05) is 18.2 Å². The van der Waals surface area contributed by atoms with Crippen molar-refractivity contribution in [2.45, 2.75) is 32.7 Å². The number of benzene rings is 2. The lowest BCUT2D eigenvalue weighted by atomic mass is 10.0. The highest BCUT2D eigenvalue weighted by Crippen LogP contribution is 2.20. The maximum Gasteiger partial charge on any atom is 0.327 e. The van der Waals surface area contributed by atoms with Crippen molar-refractivity contribution in [1.29, 1.82) is 0 Å². The number of carbonyl (C=O) groups excluding carboxylic acids is 1. The number of amides is 1. The minimum absolute atomic E-state index is 0.321. The van der Waals surface area contributed by atoms with Crippen LogP contribution in [0.5, 0.6) is 0 Å². The Morgan fingerprint density at radius 1 is 1.04 bits per heavy atom. The fourth-order valence-corrected chi connectivity index (χ4v) is 3.75. The number of hydrogen-bond acceptors (Lipinski definition) is 3. The number of aliphatic carboxylic acids is 1. The van der Waals surface area contributed by atoms with Crippen LogP contribution in [0.4, 0.5) is 0 Å². The minimum atomic E-state index is -0.998. The summed E-state index contributed by atoms with van der Waals surface area (Å²) >= 11 is 1.51. The van der Waals surface area contributed by atoms with Crippen LogP contribution in [0.3, 0.4) is 0 Å². The quantitative estimate of drug-likeness (QED) is 0.456. The molecule has 0 aliphatic heterocycles. The molecule has 0 fully saturated rings. The van der Waals surface area contributed by atoms with Crippen molar-refractivity contribution < 1.29 is 14.7 Å². The lowest BCUT2D eigenvalue weighted by Crippen LogP contribution is -2.41. The molecule has 2 rings (SSSR count). The number of thioether (sulfide) groups is 1. The van der Waals surface area contributed by atoms with Gasteiger partial charge in [0, 0.05) is 18.4 Å². The van der Waals surface area contributed by atoms with Gasteiger partial charge in [0.15, 0.2) is 0 Å². The molecule has 4 nitrogen and oxygen atoms in total. The van der Waals surface area contributed by atoms with E-state index in [0.29, 0.717) is 5.75 Å². The molecule has 0 bridgehead atoms. The Bertz CT molecular complexity index is 800. The Hall–Kier alpha value is -2.53. The molecule has 0 aliphatic rings. The number of aryl methyl sites for hydroxylation is 1. The van der Waals surface area contributed by atoms with Crippen LogP contribution in [0.25, 0.3) is 11.1 Å². The van der Waals surface area contributed by atoms with Crippen molar-refractivity contribution in [3.63, 3.8) is 0 Å². The van der Waals surface area contributed by atoms with E-state index in [1.54, 1.807) is 0 Å². The molecule has 0 saturated carbocycles. The van der Waals surface area contributed by atoms with Crippen LogP contribution in [-0.4, -0.2) is 34.5 Å². The van der Waals surface area contributed by atoms with Gasteiger partial charge in [0.2, 0.25) is 5.91 Å². The predicted molar refractivity (Wildman–Crippen MR) is 117 cm³/mol. The van der Waals surface area contributed by atoms with Gasteiger partial charge < -0.3 is 10.4 Å². The first-order chi connectivity index (χ1) is 13.5. The van der Waals surface area contributed by atoms with E-state index in [9.17, 15) is 9.59 Å². The SMILES string of the molecule is CC(=O)N[C@@H](CSCC=C(C)CCc1ccc(-c2ccccc2)cc1)C(=O)O. The summed E-state index contributed by atoms with van der Waals surface area (Å²) in [5.74, 6) is -0.220. The standard InChI is InChI=1S/C23H27NO3S/c1-17(14-15-28-16-22(23(26)27)24-18(2)25)8-9-19-10-12-21(13-11-19)20-6-4-3-5-7-20/h3-7,10-14,22H,8-9,15-16H2,1-2H3,(H,24,25)(H,26,27)/t22-/m0/s1. The summed E-state index contributed by atoms with van der Waals surface area (Å²) in [5.41, 5.74) is 5.03. The zero-order valence-electron chi connectivity index (χ0n) is 16.4. The van der Waals surface area contributed by atoms with Crippen LogP contribution >= 0.6 is 11.8 Å². The Kier molecular flexibility index (Phi) is 8.82. The molecule has 0 aromatic heterocycles. The number of allylic oxidation sites excluding steroid dienone is 1. The van der Waals surface area contributed by atoms with Gasteiger partial charge in [-0.3, -0.25) is 4.79 Å². The van der Waals surface area contributed by atoms with Gasteiger partial charge in [0.05, 0.1) is 0 Å². The van der Waals surface area contributed by atoms with Gasteiger partial charge in [-0.15, -0.1) is 0 Å². The summed E-state index contributed by atoms with van der Waals surface area (Å²) < 4.78 is 0. The molecule has 1 amide bonds. The topological polar surface area (TPSA) is 66.4 Å². The number of nitrogens with one attached hydrogen (secondary N) is 1. The first kappa shape index (κ1) is 21.8. The van der Waals surface area contributed by atoms with Crippen molar-refractivity contribution >= 4 is 23.6 Å². The maximum atomic E-state index is 11.1. The molecule has 28 heavy (non-hydrogen) atoms. The molecule has 5 heteroatoms. The summed E-state index contributed by atoms with van der Waals surface area (Å²) in [6, 6.07) is 18.2. The third-order valence-electron chi connectivity index (χ3n) is 4.38. The zero-order chi connectivity index (χ0) is 20.4. The fraction of sp³-hybridized carbons (Fsp3) is 0.304. The third-order valence-corrected chi connectivity index (χ3v) is 5.35. The van der Waals surface area contributed by atoms with E-state index in [4.69, 9.17) is 5.11 Å². The van der Waals surface area contributed by atoms with E-state index >= 15 is 0 Å². The highest BCUT2D eigenvalue weighted by molar-refractivity contribution is 7.99. The number of carbonyl (C=O) groups is 2. The van der Waals surface area contributed by atoms with Gasteiger partial charge in [-0.2, -0.15) is 11.8 Å². The Morgan fingerprint density at radius 2 is 1.68 bits per heavy atom. The smallest absolute Gasteiger partial charge is 0.327 e. The van der Waals surface area contributed by atoms with E-state index in [0.717, 1.165) is 18.6 Å². The van der Waals surface area contributed by atoms with Crippen LogP contribution in [0.1, 0.15) is 25.8 Å². The normalized spacial score (nSPS) is 12.4. The van der Waals surface area contributed by atoms with Crippen molar-refractivity contribution in [2.24, 2.45) is 0 Å². The van der Waals surface area contributed by atoms with Crippen LogP contribution in [-0.2, 0) is 16.0 Å². The molecule has 0 saturated heterocycles. The molecule has 2 N–H and O–H groups in total. The summed E-state index contributed by atoms with van der Waals surface area (Å²) in [6.45, 7) is 3.43.